The van der Waals surface area contributed by atoms with Gasteiger partial charge in [0.1, 0.15) is 0 Å². The highest BCUT2D eigenvalue weighted by atomic mass is 35.5. The molecule has 0 amide bonds. The van der Waals surface area contributed by atoms with E-state index in [0.29, 0.717) is 5.92 Å². The molecule has 0 N–H and O–H groups in total. The summed E-state index contributed by atoms with van der Waals surface area (Å²) in [6.07, 6.45) is 3.15. The van der Waals surface area contributed by atoms with Crippen molar-refractivity contribution >= 4 is 11.6 Å². The van der Waals surface area contributed by atoms with Gasteiger partial charge >= 0.3 is 0 Å². The van der Waals surface area contributed by atoms with E-state index in [4.69, 9.17) is 21.1 Å². The summed E-state index contributed by atoms with van der Waals surface area (Å²) in [4.78, 5) is 0. The molecule has 1 aliphatic heterocycles. The van der Waals surface area contributed by atoms with E-state index in [1.165, 1.54) is 11.1 Å². The first-order valence-corrected chi connectivity index (χ1v) is 6.77. The normalized spacial score (nSPS) is 27.2. The highest BCUT2D eigenvalue weighted by Crippen LogP contribution is 2.45. The lowest BCUT2D eigenvalue weighted by Crippen LogP contribution is -2.10. The van der Waals surface area contributed by atoms with Crippen LogP contribution in [0.25, 0.3) is 0 Å². The van der Waals surface area contributed by atoms with Crippen LogP contribution in [0.2, 0.25) is 0 Å². The lowest BCUT2D eigenvalue weighted by atomic mass is 9.83. The standard InChI is InChI=1S/C14H17ClO2/c1-9-3-4-12(15)11-8-14-13(7-10(9)11)16-5-2-6-17-14/h7-9,12H,2-6H2,1H3. The number of hydrogen-bond donors (Lipinski definition) is 0. The maximum absolute atomic E-state index is 6.40. The average molecular weight is 253 g/mol. The number of ether oxygens (including phenoxy) is 2. The van der Waals surface area contributed by atoms with Gasteiger partial charge in [0.15, 0.2) is 11.5 Å². The minimum Gasteiger partial charge on any atom is -0.490 e. The molecular formula is C14H17ClO2. The lowest BCUT2D eigenvalue weighted by molar-refractivity contribution is 0.297. The van der Waals surface area contributed by atoms with Crippen LogP contribution in [-0.4, -0.2) is 13.2 Å². The summed E-state index contributed by atoms with van der Waals surface area (Å²) in [5, 5.41) is 0.123. The van der Waals surface area contributed by atoms with Crippen molar-refractivity contribution in [3.8, 4) is 11.5 Å². The van der Waals surface area contributed by atoms with Gasteiger partial charge in [-0.2, -0.15) is 0 Å². The van der Waals surface area contributed by atoms with Gasteiger partial charge in [0.2, 0.25) is 0 Å². The Morgan fingerprint density at radius 3 is 2.41 bits per heavy atom. The van der Waals surface area contributed by atoms with Gasteiger partial charge in [-0.3, -0.25) is 0 Å². The maximum Gasteiger partial charge on any atom is 0.161 e. The van der Waals surface area contributed by atoms with Gasteiger partial charge < -0.3 is 9.47 Å². The summed E-state index contributed by atoms with van der Waals surface area (Å²) in [6.45, 7) is 3.73. The molecule has 0 spiro atoms. The van der Waals surface area contributed by atoms with Gasteiger partial charge in [-0.25, -0.2) is 0 Å². The second-order valence-corrected chi connectivity index (χ2v) is 5.45. The van der Waals surface area contributed by atoms with Crippen molar-refractivity contribution in [3.05, 3.63) is 23.3 Å². The van der Waals surface area contributed by atoms with E-state index in [1.807, 2.05) is 0 Å². The van der Waals surface area contributed by atoms with Gasteiger partial charge in [0, 0.05) is 6.42 Å². The van der Waals surface area contributed by atoms with Crippen molar-refractivity contribution < 1.29 is 9.47 Å². The van der Waals surface area contributed by atoms with Crippen molar-refractivity contribution in [1.82, 2.24) is 0 Å². The first kappa shape index (κ1) is 11.2. The SMILES string of the molecule is CC1CCC(Cl)c2cc3c(cc21)OCCCO3. The minimum absolute atomic E-state index is 0.123. The van der Waals surface area contributed by atoms with Crippen LogP contribution in [0.4, 0.5) is 0 Å². The lowest BCUT2D eigenvalue weighted by Gasteiger charge is -2.27. The molecule has 1 heterocycles. The van der Waals surface area contributed by atoms with Crippen LogP contribution in [0, 0.1) is 0 Å². The zero-order valence-electron chi connectivity index (χ0n) is 10.0. The fourth-order valence-electron chi connectivity index (χ4n) is 2.65. The minimum atomic E-state index is 0.123. The maximum atomic E-state index is 6.40. The summed E-state index contributed by atoms with van der Waals surface area (Å²) < 4.78 is 11.4. The number of fused-ring (bicyclic) bond motifs is 2. The Hall–Kier alpha value is -0.890. The van der Waals surface area contributed by atoms with Gasteiger partial charge in [-0.05, 0) is 42.0 Å². The second kappa shape index (κ2) is 4.41. The monoisotopic (exact) mass is 252 g/mol. The van der Waals surface area contributed by atoms with E-state index >= 15 is 0 Å². The fraction of sp³-hybridized carbons (Fsp3) is 0.571. The Morgan fingerprint density at radius 2 is 1.71 bits per heavy atom. The molecule has 2 atom stereocenters. The first-order valence-electron chi connectivity index (χ1n) is 6.33. The average Bonchev–Trinajstić information content (AvgIpc) is 2.57. The van der Waals surface area contributed by atoms with Gasteiger partial charge in [0.25, 0.3) is 0 Å². The zero-order valence-corrected chi connectivity index (χ0v) is 10.8. The van der Waals surface area contributed by atoms with E-state index in [1.54, 1.807) is 0 Å². The Kier molecular flexibility index (Phi) is 2.91. The molecule has 0 radical (unpaired) electrons. The molecule has 0 saturated heterocycles. The summed E-state index contributed by atoms with van der Waals surface area (Å²) in [5.41, 5.74) is 2.56. The number of alkyl halides is 1. The molecule has 17 heavy (non-hydrogen) atoms. The molecule has 2 aliphatic rings. The van der Waals surface area contributed by atoms with Crippen LogP contribution >= 0.6 is 11.6 Å². The number of hydrogen-bond acceptors (Lipinski definition) is 2. The molecular weight excluding hydrogens is 236 g/mol. The third kappa shape index (κ3) is 1.99. The summed E-state index contributed by atoms with van der Waals surface area (Å²) >= 11 is 6.40. The van der Waals surface area contributed by atoms with Gasteiger partial charge in [-0.15, -0.1) is 11.6 Å². The summed E-state index contributed by atoms with van der Waals surface area (Å²) in [6, 6.07) is 4.22. The van der Waals surface area contributed by atoms with Crippen molar-refractivity contribution in [1.29, 1.82) is 0 Å². The van der Waals surface area contributed by atoms with E-state index < -0.39 is 0 Å². The highest BCUT2D eigenvalue weighted by molar-refractivity contribution is 6.21. The molecule has 0 aromatic heterocycles. The van der Waals surface area contributed by atoms with Crippen molar-refractivity contribution in [3.63, 3.8) is 0 Å². The largest absolute Gasteiger partial charge is 0.490 e. The third-order valence-electron chi connectivity index (χ3n) is 3.67. The fourth-order valence-corrected chi connectivity index (χ4v) is 2.96. The van der Waals surface area contributed by atoms with E-state index in [0.717, 1.165) is 44.0 Å². The van der Waals surface area contributed by atoms with Crippen LogP contribution in [0.3, 0.4) is 0 Å². The molecule has 3 rings (SSSR count). The van der Waals surface area contributed by atoms with Gasteiger partial charge in [0.05, 0.1) is 18.6 Å². The topological polar surface area (TPSA) is 18.5 Å². The third-order valence-corrected chi connectivity index (χ3v) is 4.13. The molecule has 0 bridgehead atoms. The summed E-state index contributed by atoms with van der Waals surface area (Å²) in [5.74, 6) is 2.32. The summed E-state index contributed by atoms with van der Waals surface area (Å²) in [7, 11) is 0. The Morgan fingerprint density at radius 1 is 1.06 bits per heavy atom. The smallest absolute Gasteiger partial charge is 0.161 e. The molecule has 3 heteroatoms. The van der Waals surface area contributed by atoms with Gasteiger partial charge in [-0.1, -0.05) is 6.92 Å². The molecule has 1 aliphatic carbocycles. The number of halogens is 1. The molecule has 92 valence electrons. The van der Waals surface area contributed by atoms with Crippen molar-refractivity contribution in [2.24, 2.45) is 0 Å². The number of benzene rings is 1. The quantitative estimate of drug-likeness (QED) is 0.649. The van der Waals surface area contributed by atoms with E-state index in [-0.39, 0.29) is 5.38 Å². The van der Waals surface area contributed by atoms with Crippen LogP contribution in [0.1, 0.15) is 48.6 Å². The van der Waals surface area contributed by atoms with Crippen LogP contribution in [0.5, 0.6) is 11.5 Å². The molecule has 2 nitrogen and oxygen atoms in total. The predicted octanol–water partition coefficient (Wildman–Crippen LogP) is 4.03. The number of rotatable bonds is 0. The molecule has 1 aromatic rings. The van der Waals surface area contributed by atoms with E-state index in [9.17, 15) is 0 Å². The first-order chi connectivity index (χ1) is 8.25. The predicted molar refractivity (Wildman–Crippen MR) is 68.3 cm³/mol. The van der Waals surface area contributed by atoms with Crippen LogP contribution in [-0.2, 0) is 0 Å². The molecule has 1 aromatic carbocycles. The van der Waals surface area contributed by atoms with Crippen LogP contribution < -0.4 is 9.47 Å². The Bertz CT molecular complexity index is 391. The zero-order chi connectivity index (χ0) is 11.8. The Balaban J connectivity index is 2.08. The van der Waals surface area contributed by atoms with Crippen molar-refractivity contribution in [2.45, 2.75) is 37.5 Å². The van der Waals surface area contributed by atoms with Crippen molar-refractivity contribution in [2.75, 3.05) is 13.2 Å². The highest BCUT2D eigenvalue weighted by Gasteiger charge is 2.26. The Labute approximate surface area is 107 Å². The van der Waals surface area contributed by atoms with E-state index in [2.05, 4.69) is 19.1 Å². The molecule has 0 saturated carbocycles. The second-order valence-electron chi connectivity index (χ2n) is 4.92. The molecule has 2 unspecified atom stereocenters. The molecule has 0 fully saturated rings. The van der Waals surface area contributed by atoms with Crippen LogP contribution in [0.15, 0.2) is 12.1 Å².